The second-order valence-corrected chi connectivity index (χ2v) is 6.52. The Kier molecular flexibility index (Phi) is 7.70. The highest BCUT2D eigenvalue weighted by Gasteiger charge is 2.25. The van der Waals surface area contributed by atoms with Crippen LogP contribution in [0.1, 0.15) is 29.8 Å². The molecule has 0 bridgehead atoms. The first-order valence-electron chi connectivity index (χ1n) is 8.97. The predicted molar refractivity (Wildman–Crippen MR) is 108 cm³/mol. The average molecular weight is 401 g/mol. The van der Waals surface area contributed by atoms with Crippen LogP contribution in [-0.4, -0.2) is 38.3 Å². The molecule has 0 radical (unpaired) electrons. The summed E-state index contributed by atoms with van der Waals surface area (Å²) in [6.45, 7) is 3.54. The van der Waals surface area contributed by atoms with Crippen molar-refractivity contribution in [3.05, 3.63) is 59.4 Å². The molecule has 7 nitrogen and oxygen atoms in total. The van der Waals surface area contributed by atoms with Crippen LogP contribution < -0.4 is 20.2 Å². The van der Waals surface area contributed by atoms with Gasteiger partial charge < -0.3 is 14.8 Å². The van der Waals surface area contributed by atoms with Gasteiger partial charge >= 0.3 is 0 Å². The van der Waals surface area contributed by atoms with E-state index in [4.69, 9.17) is 9.47 Å². The molecule has 0 aliphatic carbocycles. The number of halogens is 1. The third-order valence-corrected chi connectivity index (χ3v) is 4.15. The van der Waals surface area contributed by atoms with Crippen LogP contribution in [0.2, 0.25) is 0 Å². The van der Waals surface area contributed by atoms with Crippen molar-refractivity contribution in [1.82, 2.24) is 10.7 Å². The maximum atomic E-state index is 13.8. The van der Waals surface area contributed by atoms with E-state index < -0.39 is 23.7 Å². The zero-order chi connectivity index (χ0) is 21.4. The number of rotatable bonds is 8. The van der Waals surface area contributed by atoms with Crippen molar-refractivity contribution in [1.29, 1.82) is 0 Å². The minimum atomic E-state index is -0.885. The summed E-state index contributed by atoms with van der Waals surface area (Å²) in [4.78, 5) is 24.8. The van der Waals surface area contributed by atoms with Gasteiger partial charge in [-0.25, -0.2) is 9.82 Å². The zero-order valence-electron chi connectivity index (χ0n) is 16.7. The topological polar surface area (TPSA) is 89.0 Å². The average Bonchev–Trinajstić information content (AvgIpc) is 2.71. The molecule has 0 spiro atoms. The van der Waals surface area contributed by atoms with Crippen LogP contribution >= 0.6 is 0 Å². The van der Waals surface area contributed by atoms with Gasteiger partial charge in [0.2, 0.25) is 0 Å². The van der Waals surface area contributed by atoms with Gasteiger partial charge in [-0.05, 0) is 41.8 Å². The number of nitrogens with one attached hydrogen (secondary N) is 2. The molecule has 8 heteroatoms. The zero-order valence-corrected chi connectivity index (χ0v) is 16.7. The number of nitrogens with zero attached hydrogens (tertiary/aromatic N) is 1. The molecule has 0 heterocycles. The number of carbonyl (C=O) groups excluding carboxylic acids is 2. The van der Waals surface area contributed by atoms with Crippen LogP contribution in [0.4, 0.5) is 4.39 Å². The Hall–Kier alpha value is -3.42. The minimum Gasteiger partial charge on any atom is -0.493 e. The predicted octanol–water partition coefficient (Wildman–Crippen LogP) is 2.75. The summed E-state index contributed by atoms with van der Waals surface area (Å²) in [5, 5.41) is 6.48. The molecule has 2 N–H and O–H groups in total. The number of amides is 2. The molecule has 2 aromatic rings. The molecule has 154 valence electrons. The highest BCUT2D eigenvalue weighted by atomic mass is 19.1. The Morgan fingerprint density at radius 2 is 1.76 bits per heavy atom. The van der Waals surface area contributed by atoms with E-state index >= 15 is 0 Å². The first kappa shape index (κ1) is 21.9. The molecular weight excluding hydrogens is 377 g/mol. The van der Waals surface area contributed by atoms with Crippen molar-refractivity contribution in [2.75, 3.05) is 14.2 Å². The number of benzene rings is 2. The van der Waals surface area contributed by atoms with E-state index in [2.05, 4.69) is 15.8 Å². The van der Waals surface area contributed by atoms with Gasteiger partial charge in [0.05, 0.1) is 26.0 Å². The number of hydrogen-bond acceptors (Lipinski definition) is 5. The third-order valence-electron chi connectivity index (χ3n) is 4.15. The molecular formula is C21H24FN3O4. The van der Waals surface area contributed by atoms with Crippen LogP contribution in [0.15, 0.2) is 47.6 Å². The van der Waals surface area contributed by atoms with Crippen molar-refractivity contribution >= 4 is 18.0 Å². The molecule has 1 unspecified atom stereocenters. The molecule has 0 saturated carbocycles. The first-order chi connectivity index (χ1) is 13.9. The molecule has 0 fully saturated rings. The third kappa shape index (κ3) is 5.78. The van der Waals surface area contributed by atoms with Crippen LogP contribution in [0.5, 0.6) is 11.5 Å². The van der Waals surface area contributed by atoms with E-state index in [0.717, 1.165) is 0 Å². The molecule has 29 heavy (non-hydrogen) atoms. The minimum absolute atomic E-state index is 0.125. The lowest BCUT2D eigenvalue weighted by Crippen LogP contribution is -2.48. The van der Waals surface area contributed by atoms with E-state index in [1.165, 1.54) is 38.6 Å². The molecule has 2 amide bonds. The Labute approximate surface area is 168 Å². The van der Waals surface area contributed by atoms with Crippen molar-refractivity contribution in [2.24, 2.45) is 11.0 Å². The van der Waals surface area contributed by atoms with Gasteiger partial charge in [-0.2, -0.15) is 5.10 Å². The Morgan fingerprint density at radius 3 is 2.38 bits per heavy atom. The molecule has 0 saturated heterocycles. The second-order valence-electron chi connectivity index (χ2n) is 6.52. The number of hydrogen-bond donors (Lipinski definition) is 2. The van der Waals surface area contributed by atoms with Crippen LogP contribution in [-0.2, 0) is 4.79 Å². The maximum absolute atomic E-state index is 13.8. The van der Waals surface area contributed by atoms with E-state index in [9.17, 15) is 14.0 Å². The smallest absolute Gasteiger partial charge is 0.262 e. The van der Waals surface area contributed by atoms with Gasteiger partial charge in [0.1, 0.15) is 11.9 Å². The Morgan fingerprint density at radius 1 is 1.07 bits per heavy atom. The van der Waals surface area contributed by atoms with Crippen molar-refractivity contribution in [2.45, 2.75) is 19.9 Å². The maximum Gasteiger partial charge on any atom is 0.262 e. The van der Waals surface area contributed by atoms with Gasteiger partial charge in [-0.3, -0.25) is 9.59 Å². The summed E-state index contributed by atoms with van der Waals surface area (Å²) >= 11 is 0. The van der Waals surface area contributed by atoms with Gasteiger partial charge in [-0.15, -0.1) is 0 Å². The van der Waals surface area contributed by atoms with Crippen molar-refractivity contribution in [3.8, 4) is 11.5 Å². The highest BCUT2D eigenvalue weighted by molar-refractivity contribution is 5.98. The van der Waals surface area contributed by atoms with Crippen molar-refractivity contribution in [3.63, 3.8) is 0 Å². The number of ether oxygens (including phenoxy) is 2. The summed E-state index contributed by atoms with van der Waals surface area (Å²) in [6, 6.07) is 9.86. The van der Waals surface area contributed by atoms with Gasteiger partial charge in [0, 0.05) is 0 Å². The van der Waals surface area contributed by atoms with E-state index in [-0.39, 0.29) is 11.5 Å². The number of carbonyl (C=O) groups is 2. The van der Waals surface area contributed by atoms with Crippen LogP contribution in [0, 0.1) is 11.7 Å². The number of methoxy groups -OCH3 is 2. The van der Waals surface area contributed by atoms with E-state index in [1.54, 1.807) is 38.1 Å². The summed E-state index contributed by atoms with van der Waals surface area (Å²) < 4.78 is 24.2. The Balaban J connectivity index is 2.05. The van der Waals surface area contributed by atoms with Crippen LogP contribution in [0.25, 0.3) is 0 Å². The summed E-state index contributed by atoms with van der Waals surface area (Å²) in [6.07, 6.45) is 1.44. The fourth-order valence-electron chi connectivity index (χ4n) is 2.57. The number of hydrazone groups is 1. The van der Waals surface area contributed by atoms with Crippen molar-refractivity contribution < 1.29 is 23.5 Å². The largest absolute Gasteiger partial charge is 0.493 e. The monoisotopic (exact) mass is 401 g/mol. The summed E-state index contributed by atoms with van der Waals surface area (Å²) in [7, 11) is 3.06. The summed E-state index contributed by atoms with van der Waals surface area (Å²) in [5.74, 6) is -0.965. The quantitative estimate of drug-likeness (QED) is 0.526. The molecule has 0 aliphatic rings. The van der Waals surface area contributed by atoms with Gasteiger partial charge in [-0.1, -0.05) is 26.0 Å². The molecule has 1 atom stereocenters. The van der Waals surface area contributed by atoms with Crippen LogP contribution in [0.3, 0.4) is 0 Å². The summed E-state index contributed by atoms with van der Waals surface area (Å²) in [5.41, 5.74) is 2.95. The van der Waals surface area contributed by atoms with E-state index in [1.807, 2.05) is 0 Å². The molecule has 0 aromatic heterocycles. The lowest BCUT2D eigenvalue weighted by Gasteiger charge is -2.20. The Bertz CT molecular complexity index is 899. The van der Waals surface area contributed by atoms with Gasteiger partial charge in [0.15, 0.2) is 11.5 Å². The standard InChI is InChI=1S/C21H24FN3O4/c1-13(2)19(24-20(26)15-7-5-6-8-16(15)22)21(27)25-23-12-14-9-10-17(28-3)18(11-14)29-4/h5-13,19H,1-4H3,(H,24,26)(H,25,27). The first-order valence-corrected chi connectivity index (χ1v) is 8.97. The SMILES string of the molecule is COc1ccc(C=NNC(=O)C(NC(=O)c2ccccc2F)C(C)C)cc1OC. The fraction of sp³-hybridized carbons (Fsp3) is 0.286. The highest BCUT2D eigenvalue weighted by Crippen LogP contribution is 2.26. The normalized spacial score (nSPS) is 11.9. The lowest BCUT2D eigenvalue weighted by molar-refractivity contribution is -0.123. The molecule has 2 rings (SSSR count). The van der Waals surface area contributed by atoms with E-state index in [0.29, 0.717) is 17.1 Å². The molecule has 2 aromatic carbocycles. The fourth-order valence-corrected chi connectivity index (χ4v) is 2.57. The molecule has 0 aliphatic heterocycles. The lowest BCUT2D eigenvalue weighted by atomic mass is 10.0. The second kappa shape index (κ2) is 10.2. The van der Waals surface area contributed by atoms with Gasteiger partial charge in [0.25, 0.3) is 11.8 Å².